The molecule has 1 aliphatic rings. The summed E-state index contributed by atoms with van der Waals surface area (Å²) < 4.78 is 0. The molecule has 15 N–H and O–H groups in total. The van der Waals surface area contributed by atoms with E-state index in [1.165, 1.54) is 0 Å². The summed E-state index contributed by atoms with van der Waals surface area (Å²) in [5.41, 5.74) is 33.0. The average Bonchev–Trinajstić information content (AvgIpc) is 3.04. The molecule has 1 aliphatic heterocycles. The zero-order chi connectivity index (χ0) is 33.8. The van der Waals surface area contributed by atoms with Crippen molar-refractivity contribution >= 4 is 23.6 Å². The topological polar surface area (TPSA) is 267 Å². The van der Waals surface area contributed by atoms with Gasteiger partial charge in [0.05, 0.1) is 6.04 Å². The van der Waals surface area contributed by atoms with Crippen LogP contribution in [-0.4, -0.2) is 85.1 Å². The molecule has 5 atom stereocenters. The minimum atomic E-state index is -1.14. The fourth-order valence-electron chi connectivity index (χ4n) is 5.24. The maximum atomic E-state index is 13.8. The van der Waals surface area contributed by atoms with Gasteiger partial charge in [-0.15, -0.1) is 0 Å². The van der Waals surface area contributed by atoms with E-state index >= 15 is 0 Å². The highest BCUT2D eigenvalue weighted by Gasteiger charge is 2.31. The summed E-state index contributed by atoms with van der Waals surface area (Å²) in [5, 5.41) is 21.4. The van der Waals surface area contributed by atoms with Crippen LogP contribution in [0.3, 0.4) is 0 Å². The number of rotatable bonds is 12. The van der Waals surface area contributed by atoms with Crippen molar-refractivity contribution in [3.63, 3.8) is 0 Å². The summed E-state index contributed by atoms with van der Waals surface area (Å²) in [6.07, 6.45) is 2.05. The van der Waals surface area contributed by atoms with Gasteiger partial charge in [-0.05, 0) is 85.6 Å². The number of phenolic OH excluding ortho intramolecular Hbond substituents is 1. The van der Waals surface area contributed by atoms with Gasteiger partial charge in [-0.25, -0.2) is 0 Å². The van der Waals surface area contributed by atoms with Crippen LogP contribution in [0.5, 0.6) is 5.75 Å². The van der Waals surface area contributed by atoms with Crippen LogP contribution in [0.4, 0.5) is 0 Å². The van der Waals surface area contributed by atoms with Gasteiger partial charge in [0, 0.05) is 32.0 Å². The lowest BCUT2D eigenvalue weighted by atomic mass is 9.93. The fraction of sp³-hybridized carbons (Fsp3) is 0.500. The monoisotopic (exact) mass is 639 g/mol. The van der Waals surface area contributed by atoms with Crippen molar-refractivity contribution in [1.29, 1.82) is 0 Å². The molecule has 14 nitrogen and oxygen atoms in total. The molecule has 252 valence electrons. The Balaban J connectivity index is 1.97. The second-order valence-corrected chi connectivity index (χ2v) is 11.8. The van der Waals surface area contributed by atoms with Gasteiger partial charge in [-0.1, -0.05) is 24.3 Å². The standard InChI is InChI=1S/C32H49N9O5/c1-18-6-7-19-12-21(18)15-26(32(46)41-27(16-35)30(44)38-17-23(36)4-2-10-33)40-31(45)25(5-3-11-34)39-29(43)24(37)14-22-13-20(19)8-9-28(22)42/h6-9,12-13,23-27,42H,2-5,10-11,14-17,33-37H2,1H3,(H,38,44)(H,39,43)(H,40,45)(H,41,46)/t23-,24-,25-,26-,27-/m0/s1. The van der Waals surface area contributed by atoms with Crippen molar-refractivity contribution in [1.82, 2.24) is 21.3 Å². The maximum Gasteiger partial charge on any atom is 0.243 e. The smallest absolute Gasteiger partial charge is 0.243 e. The van der Waals surface area contributed by atoms with Gasteiger partial charge in [-0.2, -0.15) is 0 Å². The minimum absolute atomic E-state index is 0.00570. The molecule has 0 unspecified atom stereocenters. The molecule has 1 heterocycles. The minimum Gasteiger partial charge on any atom is -0.508 e. The second kappa shape index (κ2) is 17.6. The van der Waals surface area contributed by atoms with Crippen molar-refractivity contribution in [2.24, 2.45) is 28.7 Å². The number of nitrogens with one attached hydrogen (secondary N) is 4. The first-order valence-corrected chi connectivity index (χ1v) is 15.7. The Kier molecular flexibility index (Phi) is 13.9. The lowest BCUT2D eigenvalue weighted by molar-refractivity contribution is -0.134. The normalized spacial score (nSPS) is 19.9. The van der Waals surface area contributed by atoms with E-state index in [-0.39, 0.29) is 50.7 Å². The third-order valence-electron chi connectivity index (χ3n) is 8.11. The highest BCUT2D eigenvalue weighted by atomic mass is 16.3. The van der Waals surface area contributed by atoms with E-state index in [1.54, 1.807) is 18.2 Å². The van der Waals surface area contributed by atoms with Crippen LogP contribution >= 0.6 is 0 Å². The molecule has 4 amide bonds. The van der Waals surface area contributed by atoms with Crippen LogP contribution in [0.15, 0.2) is 36.4 Å². The van der Waals surface area contributed by atoms with Crippen LogP contribution in [0.1, 0.15) is 42.4 Å². The van der Waals surface area contributed by atoms with E-state index in [9.17, 15) is 24.3 Å². The number of carbonyl (C=O) groups is 4. The van der Waals surface area contributed by atoms with Crippen LogP contribution in [0.25, 0.3) is 11.1 Å². The Morgan fingerprint density at radius 3 is 2.30 bits per heavy atom. The largest absolute Gasteiger partial charge is 0.508 e. The molecule has 0 aliphatic carbocycles. The van der Waals surface area contributed by atoms with Gasteiger partial charge < -0.3 is 55.0 Å². The molecule has 0 spiro atoms. The maximum absolute atomic E-state index is 13.8. The van der Waals surface area contributed by atoms with Crippen LogP contribution < -0.4 is 49.9 Å². The number of aryl methyl sites for hydroxylation is 1. The molecule has 0 fully saturated rings. The Bertz CT molecular complexity index is 1370. The first kappa shape index (κ1) is 36.4. The van der Waals surface area contributed by atoms with Gasteiger partial charge >= 0.3 is 0 Å². The lowest BCUT2D eigenvalue weighted by Crippen LogP contribution is -2.59. The van der Waals surface area contributed by atoms with E-state index in [1.807, 2.05) is 25.1 Å². The van der Waals surface area contributed by atoms with Gasteiger partial charge in [0.2, 0.25) is 23.6 Å². The molecule has 0 saturated heterocycles. The third-order valence-corrected chi connectivity index (χ3v) is 8.11. The third kappa shape index (κ3) is 10.2. The van der Waals surface area contributed by atoms with Crippen molar-refractivity contribution in [3.8, 4) is 16.9 Å². The van der Waals surface area contributed by atoms with Crippen LogP contribution in [-0.2, 0) is 32.0 Å². The summed E-state index contributed by atoms with van der Waals surface area (Å²) in [6, 6.07) is 6.12. The number of fused-ring (bicyclic) bond motifs is 5. The first-order valence-electron chi connectivity index (χ1n) is 15.7. The van der Waals surface area contributed by atoms with Crippen LogP contribution in [0.2, 0.25) is 0 Å². The number of aromatic hydroxyl groups is 1. The SMILES string of the molecule is Cc1ccc2cc1C[C@@H](C(=O)N[C@@H](CN)C(=O)NC[C@@H](N)CCCN)NC(=O)[C@H](CCCN)NC(=O)[C@@H](N)Cc1cc-2ccc1O. The van der Waals surface area contributed by atoms with Crippen molar-refractivity contribution < 1.29 is 24.3 Å². The van der Waals surface area contributed by atoms with Crippen LogP contribution in [0, 0.1) is 6.92 Å². The number of phenols is 1. The van der Waals surface area contributed by atoms with Gasteiger partial charge in [0.15, 0.2) is 0 Å². The average molecular weight is 640 g/mol. The molecule has 14 heteroatoms. The summed E-state index contributed by atoms with van der Waals surface area (Å²) >= 11 is 0. The van der Waals surface area contributed by atoms with Gasteiger partial charge in [0.1, 0.15) is 23.9 Å². The number of carbonyl (C=O) groups excluding carboxylic acids is 4. The number of hydrogen-bond acceptors (Lipinski definition) is 10. The van der Waals surface area contributed by atoms with E-state index in [4.69, 9.17) is 28.7 Å². The number of nitrogens with two attached hydrogens (primary N) is 5. The molecule has 3 rings (SSSR count). The molecule has 46 heavy (non-hydrogen) atoms. The fourth-order valence-corrected chi connectivity index (χ4v) is 5.24. The molecular formula is C32H49N9O5. The van der Waals surface area contributed by atoms with E-state index in [2.05, 4.69) is 21.3 Å². The van der Waals surface area contributed by atoms with Crippen molar-refractivity contribution in [3.05, 3.63) is 53.1 Å². The number of amides is 4. The molecular weight excluding hydrogens is 590 g/mol. The first-order chi connectivity index (χ1) is 22.0. The predicted molar refractivity (Wildman–Crippen MR) is 176 cm³/mol. The summed E-state index contributed by atoms with van der Waals surface area (Å²) in [7, 11) is 0. The lowest BCUT2D eigenvalue weighted by Gasteiger charge is -2.26. The molecule has 4 bridgehead atoms. The van der Waals surface area contributed by atoms with E-state index in [0.29, 0.717) is 31.4 Å². The Hall–Kier alpha value is -4.08. The molecule has 2 aromatic carbocycles. The Morgan fingerprint density at radius 2 is 1.63 bits per heavy atom. The zero-order valence-electron chi connectivity index (χ0n) is 26.4. The highest BCUT2D eigenvalue weighted by molar-refractivity contribution is 5.95. The van der Waals surface area contributed by atoms with E-state index in [0.717, 1.165) is 22.3 Å². The Labute approximate surface area is 269 Å². The summed E-state index contributed by atoms with van der Waals surface area (Å²) in [4.78, 5) is 53.5. The molecule has 0 saturated carbocycles. The second-order valence-electron chi connectivity index (χ2n) is 11.8. The predicted octanol–water partition coefficient (Wildman–Crippen LogP) is -1.87. The summed E-state index contributed by atoms with van der Waals surface area (Å²) in [5.74, 6) is -2.35. The number of hydrogen-bond donors (Lipinski definition) is 10. The Morgan fingerprint density at radius 1 is 0.957 bits per heavy atom. The van der Waals surface area contributed by atoms with Crippen molar-refractivity contribution in [2.45, 2.75) is 75.7 Å². The summed E-state index contributed by atoms with van der Waals surface area (Å²) in [6.45, 7) is 2.63. The molecule has 0 aromatic heterocycles. The van der Waals surface area contributed by atoms with E-state index < -0.39 is 47.8 Å². The van der Waals surface area contributed by atoms with Crippen molar-refractivity contribution in [2.75, 3.05) is 26.2 Å². The zero-order valence-corrected chi connectivity index (χ0v) is 26.4. The molecule has 2 aromatic rings. The van der Waals surface area contributed by atoms with Gasteiger partial charge in [-0.3, -0.25) is 19.2 Å². The van der Waals surface area contributed by atoms with Gasteiger partial charge in [0.25, 0.3) is 0 Å². The quantitative estimate of drug-likeness (QED) is 0.124. The molecule has 0 radical (unpaired) electrons. The highest BCUT2D eigenvalue weighted by Crippen LogP contribution is 2.29. The number of benzene rings is 2.